The minimum atomic E-state index is -0.243. The molecule has 1 amide bonds. The second kappa shape index (κ2) is 3.90. The first-order valence-electron chi connectivity index (χ1n) is 4.42. The summed E-state index contributed by atoms with van der Waals surface area (Å²) in [6, 6.07) is 5.36. The van der Waals surface area contributed by atoms with Gasteiger partial charge in [0.2, 0.25) is 5.91 Å². The number of carbonyl (C=O) groups excluding carboxylic acids is 1. The average Bonchev–Trinajstić information content (AvgIpc) is 2.60. The first-order chi connectivity index (χ1) is 7.20. The molecule has 1 aromatic heterocycles. The van der Waals surface area contributed by atoms with Crippen molar-refractivity contribution in [2.45, 2.75) is 6.92 Å². The van der Waals surface area contributed by atoms with Gasteiger partial charge in [-0.15, -0.1) is 11.6 Å². The Labute approximate surface area is 91.2 Å². The number of anilines is 1. The van der Waals surface area contributed by atoms with E-state index in [0.29, 0.717) is 11.3 Å². The molecule has 0 aliphatic heterocycles. The van der Waals surface area contributed by atoms with Gasteiger partial charge in [-0.1, -0.05) is 5.16 Å². The van der Waals surface area contributed by atoms with Crippen LogP contribution < -0.4 is 5.32 Å². The molecular weight excluding hydrogens is 216 g/mol. The maximum Gasteiger partial charge on any atom is 0.239 e. The second-order valence-corrected chi connectivity index (χ2v) is 3.43. The smallest absolute Gasteiger partial charge is 0.239 e. The van der Waals surface area contributed by atoms with Gasteiger partial charge in [0, 0.05) is 17.1 Å². The zero-order valence-corrected chi connectivity index (χ0v) is 8.84. The lowest BCUT2D eigenvalue weighted by Crippen LogP contribution is -2.12. The minimum absolute atomic E-state index is 0.0620. The molecule has 1 aromatic carbocycles. The molecule has 0 aliphatic carbocycles. The number of hydrogen-bond acceptors (Lipinski definition) is 3. The van der Waals surface area contributed by atoms with E-state index in [2.05, 4.69) is 10.5 Å². The molecule has 0 saturated carbocycles. The number of aromatic nitrogens is 1. The molecule has 0 bridgehead atoms. The van der Waals surface area contributed by atoms with Crippen LogP contribution in [0.4, 0.5) is 5.69 Å². The fraction of sp³-hybridized carbons (Fsp3) is 0.200. The number of amides is 1. The van der Waals surface area contributed by atoms with Crippen LogP contribution >= 0.6 is 11.6 Å². The van der Waals surface area contributed by atoms with Crippen LogP contribution in [-0.4, -0.2) is 16.9 Å². The third-order valence-corrected chi connectivity index (χ3v) is 2.30. The summed E-state index contributed by atoms with van der Waals surface area (Å²) in [5.74, 6) is -0.305. The van der Waals surface area contributed by atoms with E-state index in [9.17, 15) is 4.79 Å². The quantitative estimate of drug-likeness (QED) is 0.797. The zero-order chi connectivity index (χ0) is 10.8. The Morgan fingerprint density at radius 2 is 2.40 bits per heavy atom. The predicted octanol–water partition coefficient (Wildman–Crippen LogP) is 2.31. The van der Waals surface area contributed by atoms with Gasteiger partial charge >= 0.3 is 0 Å². The topological polar surface area (TPSA) is 55.1 Å². The number of halogens is 1. The summed E-state index contributed by atoms with van der Waals surface area (Å²) >= 11 is 5.38. The molecular formula is C10H9ClN2O2. The highest BCUT2D eigenvalue weighted by molar-refractivity contribution is 6.29. The molecule has 0 fully saturated rings. The molecule has 0 saturated heterocycles. The number of aryl methyl sites for hydroxylation is 1. The molecule has 2 aromatic rings. The Balaban J connectivity index is 2.35. The van der Waals surface area contributed by atoms with Gasteiger partial charge in [0.15, 0.2) is 5.58 Å². The first-order valence-corrected chi connectivity index (χ1v) is 4.96. The molecule has 2 rings (SSSR count). The molecule has 5 heteroatoms. The van der Waals surface area contributed by atoms with Crippen molar-refractivity contribution in [3.05, 3.63) is 23.9 Å². The number of fused-ring (bicyclic) bond motifs is 1. The number of carbonyl (C=O) groups is 1. The third kappa shape index (κ3) is 1.94. The Morgan fingerprint density at radius 3 is 3.13 bits per heavy atom. The summed E-state index contributed by atoms with van der Waals surface area (Å²) in [6.45, 7) is 1.86. The van der Waals surface area contributed by atoms with E-state index >= 15 is 0 Å². The van der Waals surface area contributed by atoms with Crippen molar-refractivity contribution in [3.63, 3.8) is 0 Å². The van der Waals surface area contributed by atoms with Crippen molar-refractivity contribution in [2.24, 2.45) is 0 Å². The molecule has 0 spiro atoms. The van der Waals surface area contributed by atoms with Gasteiger partial charge in [0.05, 0.1) is 5.69 Å². The summed E-state index contributed by atoms with van der Waals surface area (Å²) < 4.78 is 5.07. The largest absolute Gasteiger partial charge is 0.356 e. The summed E-state index contributed by atoms with van der Waals surface area (Å²) in [4.78, 5) is 11.0. The van der Waals surface area contributed by atoms with E-state index in [1.807, 2.05) is 13.0 Å². The van der Waals surface area contributed by atoms with Gasteiger partial charge in [-0.2, -0.15) is 0 Å². The maximum absolute atomic E-state index is 11.0. The Hall–Kier alpha value is -1.55. The molecule has 0 atom stereocenters. The summed E-state index contributed by atoms with van der Waals surface area (Å²) in [6.07, 6.45) is 0. The van der Waals surface area contributed by atoms with Gasteiger partial charge in [0.25, 0.3) is 0 Å². The van der Waals surface area contributed by atoms with E-state index < -0.39 is 0 Å². The first kappa shape index (κ1) is 9.98. The number of rotatable bonds is 2. The van der Waals surface area contributed by atoms with Crippen molar-refractivity contribution < 1.29 is 9.32 Å². The normalized spacial score (nSPS) is 10.5. The van der Waals surface area contributed by atoms with E-state index in [1.165, 1.54) is 0 Å². The lowest BCUT2D eigenvalue weighted by Gasteiger charge is -2.01. The van der Waals surface area contributed by atoms with Crippen molar-refractivity contribution in [1.82, 2.24) is 5.16 Å². The third-order valence-electron chi connectivity index (χ3n) is 2.06. The molecule has 0 aliphatic rings. The Bertz CT molecular complexity index is 507. The number of benzene rings is 1. The summed E-state index contributed by atoms with van der Waals surface area (Å²) in [5.41, 5.74) is 2.14. The summed E-state index contributed by atoms with van der Waals surface area (Å²) in [7, 11) is 0. The molecule has 78 valence electrons. The van der Waals surface area contributed by atoms with Crippen LogP contribution in [-0.2, 0) is 4.79 Å². The number of nitrogens with one attached hydrogen (secondary N) is 1. The van der Waals surface area contributed by atoms with Gasteiger partial charge in [-0.05, 0) is 19.1 Å². The molecule has 0 radical (unpaired) electrons. The molecule has 0 unspecified atom stereocenters. The fourth-order valence-electron chi connectivity index (χ4n) is 1.34. The standard InChI is InChI=1S/C10H9ClN2O2/c1-6-8-3-2-7(12-10(14)5-11)4-9(8)15-13-6/h2-4H,5H2,1H3,(H,12,14). The van der Waals surface area contributed by atoms with Crippen molar-refractivity contribution >= 4 is 34.2 Å². The number of nitrogens with zero attached hydrogens (tertiary/aromatic N) is 1. The molecule has 1 N–H and O–H groups in total. The minimum Gasteiger partial charge on any atom is -0.356 e. The second-order valence-electron chi connectivity index (χ2n) is 3.16. The van der Waals surface area contributed by atoms with E-state index in [0.717, 1.165) is 11.1 Å². The maximum atomic E-state index is 11.0. The monoisotopic (exact) mass is 224 g/mol. The SMILES string of the molecule is Cc1noc2cc(NC(=O)CCl)ccc12. The van der Waals surface area contributed by atoms with Crippen molar-refractivity contribution in [3.8, 4) is 0 Å². The van der Waals surface area contributed by atoms with Crippen LogP contribution in [0, 0.1) is 6.92 Å². The van der Waals surface area contributed by atoms with Crippen LogP contribution in [0.3, 0.4) is 0 Å². The van der Waals surface area contributed by atoms with Crippen LogP contribution in [0.15, 0.2) is 22.7 Å². The van der Waals surface area contributed by atoms with Gasteiger partial charge in [-0.3, -0.25) is 4.79 Å². The highest BCUT2D eigenvalue weighted by atomic mass is 35.5. The molecule has 1 heterocycles. The lowest BCUT2D eigenvalue weighted by molar-refractivity contribution is -0.113. The van der Waals surface area contributed by atoms with Crippen LogP contribution in [0.25, 0.3) is 11.0 Å². The highest BCUT2D eigenvalue weighted by Gasteiger charge is 2.06. The zero-order valence-electron chi connectivity index (χ0n) is 8.08. The van der Waals surface area contributed by atoms with E-state index in [1.54, 1.807) is 12.1 Å². The number of hydrogen-bond donors (Lipinski definition) is 1. The summed E-state index contributed by atoms with van der Waals surface area (Å²) in [5, 5.41) is 7.40. The number of alkyl halides is 1. The van der Waals surface area contributed by atoms with Gasteiger partial charge < -0.3 is 9.84 Å². The molecule has 15 heavy (non-hydrogen) atoms. The fourth-order valence-corrected chi connectivity index (χ4v) is 1.40. The Morgan fingerprint density at radius 1 is 1.60 bits per heavy atom. The van der Waals surface area contributed by atoms with Crippen LogP contribution in [0.5, 0.6) is 0 Å². The predicted molar refractivity (Wildman–Crippen MR) is 58.1 cm³/mol. The molecule has 4 nitrogen and oxygen atoms in total. The van der Waals surface area contributed by atoms with E-state index in [4.69, 9.17) is 16.1 Å². The Kier molecular flexibility index (Phi) is 2.60. The van der Waals surface area contributed by atoms with Gasteiger partial charge in [0.1, 0.15) is 5.88 Å². The van der Waals surface area contributed by atoms with Gasteiger partial charge in [-0.25, -0.2) is 0 Å². The average molecular weight is 225 g/mol. The van der Waals surface area contributed by atoms with E-state index in [-0.39, 0.29) is 11.8 Å². The van der Waals surface area contributed by atoms with Crippen LogP contribution in [0.1, 0.15) is 5.69 Å². The lowest BCUT2D eigenvalue weighted by atomic mass is 10.2. The highest BCUT2D eigenvalue weighted by Crippen LogP contribution is 2.21. The van der Waals surface area contributed by atoms with Crippen molar-refractivity contribution in [1.29, 1.82) is 0 Å². The van der Waals surface area contributed by atoms with Crippen molar-refractivity contribution in [2.75, 3.05) is 11.2 Å². The van der Waals surface area contributed by atoms with Crippen LogP contribution in [0.2, 0.25) is 0 Å².